The van der Waals surface area contributed by atoms with Gasteiger partial charge in [0.2, 0.25) is 0 Å². The number of aryl methyl sites for hydroxylation is 1. The first-order chi connectivity index (χ1) is 10.6. The molecule has 0 amide bonds. The van der Waals surface area contributed by atoms with E-state index in [2.05, 4.69) is 36.2 Å². The van der Waals surface area contributed by atoms with E-state index in [0.717, 1.165) is 30.4 Å². The Hall–Kier alpha value is -2.22. The summed E-state index contributed by atoms with van der Waals surface area (Å²) >= 11 is 0. The summed E-state index contributed by atoms with van der Waals surface area (Å²) in [7, 11) is 0. The Morgan fingerprint density at radius 2 is 1.86 bits per heavy atom. The summed E-state index contributed by atoms with van der Waals surface area (Å²) < 4.78 is 0. The second kappa shape index (κ2) is 5.88. The summed E-state index contributed by atoms with van der Waals surface area (Å²) in [5, 5.41) is 2.43. The lowest BCUT2D eigenvalue weighted by atomic mass is 9.89. The average molecular weight is 291 g/mol. The van der Waals surface area contributed by atoms with Gasteiger partial charge in [-0.25, -0.2) is 0 Å². The molecule has 2 aromatic carbocycles. The molecule has 2 aromatic rings. The number of hydrogen-bond donors (Lipinski definition) is 0. The van der Waals surface area contributed by atoms with Crippen molar-refractivity contribution in [2.45, 2.75) is 40.0 Å². The molecule has 1 aliphatic heterocycles. The number of allylic oxidation sites excluding steroid dienone is 1. The van der Waals surface area contributed by atoms with Gasteiger partial charge in [-0.15, -0.1) is 0 Å². The van der Waals surface area contributed by atoms with Crippen molar-refractivity contribution in [2.24, 2.45) is 4.99 Å². The van der Waals surface area contributed by atoms with Gasteiger partial charge in [0.15, 0.2) is 5.78 Å². The monoisotopic (exact) mass is 291 g/mol. The minimum absolute atomic E-state index is 0.135. The lowest BCUT2D eigenvalue weighted by Gasteiger charge is -2.16. The Bertz CT molecular complexity index is 812. The maximum atomic E-state index is 12.0. The number of nitrogens with zero attached hydrogens (tertiary/aromatic N) is 1. The zero-order valence-electron chi connectivity index (χ0n) is 13.4. The molecule has 22 heavy (non-hydrogen) atoms. The first-order valence-electron chi connectivity index (χ1n) is 7.79. The van der Waals surface area contributed by atoms with Gasteiger partial charge >= 0.3 is 0 Å². The smallest absolute Gasteiger partial charge is 0.160 e. The Morgan fingerprint density at radius 1 is 1.14 bits per heavy atom. The number of Topliss-reactive ketones (excluding diaryl/α,β-unsaturated/α-hetero) is 1. The lowest BCUT2D eigenvalue weighted by Crippen LogP contribution is -2.04. The normalized spacial score (nSPS) is 14.7. The molecule has 0 unspecified atom stereocenters. The average Bonchev–Trinajstić information content (AvgIpc) is 2.52. The van der Waals surface area contributed by atoms with Gasteiger partial charge < -0.3 is 0 Å². The van der Waals surface area contributed by atoms with Gasteiger partial charge in [-0.3, -0.25) is 9.79 Å². The van der Waals surface area contributed by atoms with Crippen LogP contribution >= 0.6 is 0 Å². The predicted molar refractivity (Wildman–Crippen MR) is 92.8 cm³/mol. The van der Waals surface area contributed by atoms with Crippen molar-refractivity contribution in [3.05, 3.63) is 58.8 Å². The molecule has 0 radical (unpaired) electrons. The Morgan fingerprint density at radius 3 is 2.50 bits per heavy atom. The molecule has 0 atom stereocenters. The number of benzene rings is 2. The third-order valence-electron chi connectivity index (χ3n) is 4.47. The molecule has 1 aliphatic rings. The van der Waals surface area contributed by atoms with Crippen molar-refractivity contribution in [1.82, 2.24) is 0 Å². The summed E-state index contributed by atoms with van der Waals surface area (Å²) in [5.74, 6) is 0.135. The predicted octanol–water partition coefficient (Wildman–Crippen LogP) is 5.03. The van der Waals surface area contributed by atoms with E-state index in [1.165, 1.54) is 27.6 Å². The van der Waals surface area contributed by atoms with Crippen molar-refractivity contribution in [2.75, 3.05) is 0 Å². The van der Waals surface area contributed by atoms with Crippen LogP contribution in [0.1, 0.15) is 48.2 Å². The van der Waals surface area contributed by atoms with E-state index >= 15 is 0 Å². The molecule has 0 saturated heterocycles. The summed E-state index contributed by atoms with van der Waals surface area (Å²) in [5.41, 5.74) is 5.69. The fourth-order valence-electron chi connectivity index (χ4n) is 3.16. The molecule has 0 spiro atoms. The van der Waals surface area contributed by atoms with Gasteiger partial charge in [0.25, 0.3) is 0 Å². The molecular weight excluding hydrogens is 270 g/mol. The molecule has 0 aromatic heterocycles. The Labute approximate surface area is 131 Å². The number of rotatable bonds is 3. The topological polar surface area (TPSA) is 29.4 Å². The molecule has 0 bridgehead atoms. The third-order valence-corrected chi connectivity index (χ3v) is 4.47. The van der Waals surface area contributed by atoms with E-state index in [1.807, 2.05) is 19.2 Å². The molecular formula is C20H21NO. The number of carbonyl (C=O) groups excluding carboxylic acids is 1. The van der Waals surface area contributed by atoms with Crippen molar-refractivity contribution in [1.29, 1.82) is 0 Å². The fourth-order valence-corrected chi connectivity index (χ4v) is 3.16. The largest absolute Gasteiger partial charge is 0.295 e. The first kappa shape index (κ1) is 14.7. The van der Waals surface area contributed by atoms with Crippen LogP contribution < -0.4 is 0 Å². The number of ketones is 1. The molecule has 0 fully saturated rings. The van der Waals surface area contributed by atoms with Crippen molar-refractivity contribution >= 4 is 22.3 Å². The van der Waals surface area contributed by atoms with E-state index in [1.54, 1.807) is 6.92 Å². The highest BCUT2D eigenvalue weighted by molar-refractivity contribution is 6.02. The second-order valence-electron chi connectivity index (χ2n) is 6.14. The van der Waals surface area contributed by atoms with Crippen LogP contribution in [-0.4, -0.2) is 11.5 Å². The highest BCUT2D eigenvalue weighted by atomic mass is 16.1. The SMILES string of the molecule is CC(=O)c1cc(CC2=CN=C(C)CC2)c2ccccc2c1C. The first-order valence-corrected chi connectivity index (χ1v) is 7.79. The molecule has 0 saturated carbocycles. The molecule has 112 valence electrons. The van der Waals surface area contributed by atoms with Crippen LogP contribution in [0.3, 0.4) is 0 Å². The van der Waals surface area contributed by atoms with Crippen molar-refractivity contribution < 1.29 is 4.79 Å². The number of hydrogen-bond acceptors (Lipinski definition) is 2. The van der Waals surface area contributed by atoms with Gasteiger partial charge in [0.1, 0.15) is 0 Å². The molecule has 2 heteroatoms. The van der Waals surface area contributed by atoms with Gasteiger partial charge in [-0.1, -0.05) is 24.3 Å². The van der Waals surface area contributed by atoms with E-state index in [9.17, 15) is 4.79 Å². The maximum Gasteiger partial charge on any atom is 0.160 e. The summed E-state index contributed by atoms with van der Waals surface area (Å²) in [6, 6.07) is 10.4. The van der Waals surface area contributed by atoms with Crippen molar-refractivity contribution in [3.63, 3.8) is 0 Å². The minimum Gasteiger partial charge on any atom is -0.295 e. The summed E-state index contributed by atoms with van der Waals surface area (Å²) in [4.78, 5) is 16.4. The van der Waals surface area contributed by atoms with Crippen molar-refractivity contribution in [3.8, 4) is 0 Å². The quantitative estimate of drug-likeness (QED) is 0.729. The van der Waals surface area contributed by atoms with Crippen LogP contribution in [0.5, 0.6) is 0 Å². The fraction of sp³-hybridized carbons (Fsp3) is 0.300. The highest BCUT2D eigenvalue weighted by Gasteiger charge is 2.14. The Balaban J connectivity index is 2.12. The zero-order chi connectivity index (χ0) is 15.7. The molecule has 1 heterocycles. The summed E-state index contributed by atoms with van der Waals surface area (Å²) in [6.07, 6.45) is 4.97. The van der Waals surface area contributed by atoms with E-state index in [4.69, 9.17) is 0 Å². The van der Waals surface area contributed by atoms with Gasteiger partial charge in [0, 0.05) is 17.5 Å². The van der Waals surface area contributed by atoms with Crippen LogP contribution in [0.2, 0.25) is 0 Å². The number of carbonyl (C=O) groups is 1. The van der Waals surface area contributed by atoms with Gasteiger partial charge in [-0.05, 0) is 73.6 Å². The van der Waals surface area contributed by atoms with E-state index in [0.29, 0.717) is 0 Å². The van der Waals surface area contributed by atoms with Crippen LogP contribution in [0.25, 0.3) is 10.8 Å². The zero-order valence-corrected chi connectivity index (χ0v) is 13.4. The minimum atomic E-state index is 0.135. The van der Waals surface area contributed by atoms with Gasteiger partial charge in [-0.2, -0.15) is 0 Å². The summed E-state index contributed by atoms with van der Waals surface area (Å²) in [6.45, 7) is 5.76. The second-order valence-corrected chi connectivity index (χ2v) is 6.14. The van der Waals surface area contributed by atoms with Crippen LogP contribution in [0.15, 0.2) is 47.1 Å². The number of aliphatic imine (C=N–C) groups is 1. The number of fused-ring (bicyclic) bond motifs is 1. The lowest BCUT2D eigenvalue weighted by molar-refractivity contribution is 0.101. The van der Waals surface area contributed by atoms with Crippen LogP contribution in [0.4, 0.5) is 0 Å². The molecule has 0 N–H and O–H groups in total. The van der Waals surface area contributed by atoms with E-state index < -0.39 is 0 Å². The maximum absolute atomic E-state index is 12.0. The van der Waals surface area contributed by atoms with Gasteiger partial charge in [0.05, 0.1) is 0 Å². The molecule has 2 nitrogen and oxygen atoms in total. The molecule has 0 aliphatic carbocycles. The van der Waals surface area contributed by atoms with Crippen LogP contribution in [-0.2, 0) is 6.42 Å². The third kappa shape index (κ3) is 2.74. The Kier molecular flexibility index (Phi) is 3.93. The molecule has 3 rings (SSSR count). The van der Waals surface area contributed by atoms with E-state index in [-0.39, 0.29) is 5.78 Å². The highest BCUT2D eigenvalue weighted by Crippen LogP contribution is 2.29. The van der Waals surface area contributed by atoms with Crippen LogP contribution in [0, 0.1) is 6.92 Å². The standard InChI is InChI=1S/C20H21NO/c1-13-8-9-16(12-21-13)10-17-11-20(15(3)22)14(2)18-6-4-5-7-19(17)18/h4-7,11-12H,8-10H2,1-3H3.